The van der Waals surface area contributed by atoms with E-state index in [4.69, 9.17) is 25.8 Å². The number of benzene rings is 3. The van der Waals surface area contributed by atoms with E-state index in [2.05, 4.69) is 4.98 Å². The Morgan fingerprint density at radius 2 is 1.67 bits per heavy atom. The van der Waals surface area contributed by atoms with Gasteiger partial charge in [-0.15, -0.1) is 0 Å². The van der Waals surface area contributed by atoms with E-state index in [1.54, 1.807) is 14.2 Å². The molecular formula is C31H35ClN2O5. The molecule has 0 fully saturated rings. The standard InChI is InChI=1S/C23H25ClN2O3.C8H10O2/c1-2-17(28)10-12-29-18-6-3-15(4-7-18)23-22-19(9-11-26(23)14-27)20-13-16(24)5-8-21(20)25-22;1-9-7-3-5-8(10-2)6-4-7/h3-8,13-14,17,23,25,28H,2,9-12H2,1H3;3-6H,1-2H3. The van der Waals surface area contributed by atoms with Crippen LogP contribution in [0.2, 0.25) is 5.02 Å². The Hall–Kier alpha value is -3.68. The SMILES string of the molecule is CCC(O)CCOc1ccc(C2c3[nH]c4ccc(Cl)cc4c3CCN2C=O)cc1.COc1ccc(OC)cc1. The number of rotatable bonds is 9. The molecule has 2 heterocycles. The lowest BCUT2D eigenvalue weighted by Gasteiger charge is -2.33. The highest BCUT2D eigenvalue weighted by atomic mass is 35.5. The van der Waals surface area contributed by atoms with E-state index in [-0.39, 0.29) is 12.1 Å². The Morgan fingerprint density at radius 3 is 2.26 bits per heavy atom. The number of fused-ring (bicyclic) bond motifs is 3. The van der Waals surface area contributed by atoms with E-state index in [0.717, 1.165) is 58.7 Å². The van der Waals surface area contributed by atoms with Gasteiger partial charge >= 0.3 is 0 Å². The number of halogens is 1. The number of hydrogen-bond donors (Lipinski definition) is 2. The Bertz CT molecular complexity index is 1330. The Labute approximate surface area is 234 Å². The molecule has 0 aliphatic carbocycles. The van der Waals surface area contributed by atoms with Crippen molar-refractivity contribution in [2.24, 2.45) is 0 Å². The first-order chi connectivity index (χ1) is 19.0. The molecule has 5 rings (SSSR count). The van der Waals surface area contributed by atoms with Gasteiger partial charge in [0.2, 0.25) is 6.41 Å². The predicted octanol–water partition coefficient (Wildman–Crippen LogP) is 6.17. The maximum atomic E-state index is 11.8. The minimum atomic E-state index is -0.327. The molecule has 39 heavy (non-hydrogen) atoms. The fourth-order valence-corrected chi connectivity index (χ4v) is 4.90. The number of H-pyrrole nitrogens is 1. The van der Waals surface area contributed by atoms with Crippen molar-refractivity contribution in [1.29, 1.82) is 0 Å². The predicted molar refractivity (Wildman–Crippen MR) is 154 cm³/mol. The van der Waals surface area contributed by atoms with Crippen molar-refractivity contribution in [3.8, 4) is 17.2 Å². The Morgan fingerprint density at radius 1 is 1.03 bits per heavy atom. The van der Waals surface area contributed by atoms with Gasteiger partial charge in [0.25, 0.3) is 0 Å². The van der Waals surface area contributed by atoms with Crippen molar-refractivity contribution < 1.29 is 24.1 Å². The number of nitrogens with zero attached hydrogens (tertiary/aromatic N) is 1. The molecule has 206 valence electrons. The number of amides is 1. The fraction of sp³-hybridized carbons (Fsp3) is 0.323. The number of aromatic amines is 1. The van der Waals surface area contributed by atoms with Crippen molar-refractivity contribution in [2.75, 3.05) is 27.4 Å². The second-order valence-corrected chi connectivity index (χ2v) is 9.79. The van der Waals surface area contributed by atoms with Crippen LogP contribution in [0.4, 0.5) is 0 Å². The van der Waals surface area contributed by atoms with E-state index in [9.17, 15) is 9.90 Å². The zero-order valence-corrected chi connectivity index (χ0v) is 23.3. The molecule has 1 aliphatic rings. The lowest BCUT2D eigenvalue weighted by atomic mass is 9.93. The smallest absolute Gasteiger partial charge is 0.210 e. The van der Waals surface area contributed by atoms with Crippen molar-refractivity contribution in [1.82, 2.24) is 9.88 Å². The third kappa shape index (κ3) is 6.85. The lowest BCUT2D eigenvalue weighted by Crippen LogP contribution is -2.34. The summed E-state index contributed by atoms with van der Waals surface area (Å²) >= 11 is 6.21. The molecule has 7 nitrogen and oxygen atoms in total. The number of nitrogens with one attached hydrogen (secondary N) is 1. The highest BCUT2D eigenvalue weighted by Gasteiger charge is 2.31. The van der Waals surface area contributed by atoms with Gasteiger partial charge in [0.15, 0.2) is 0 Å². The molecule has 1 amide bonds. The lowest BCUT2D eigenvalue weighted by molar-refractivity contribution is -0.120. The summed E-state index contributed by atoms with van der Waals surface area (Å²) < 4.78 is 15.7. The molecular weight excluding hydrogens is 516 g/mol. The average molecular weight is 551 g/mol. The molecule has 2 N–H and O–H groups in total. The third-order valence-corrected chi connectivity index (χ3v) is 7.18. The number of ether oxygens (including phenoxy) is 3. The number of aliphatic hydroxyl groups is 1. The molecule has 3 aromatic carbocycles. The second-order valence-electron chi connectivity index (χ2n) is 9.35. The van der Waals surface area contributed by atoms with E-state index < -0.39 is 0 Å². The molecule has 0 saturated heterocycles. The van der Waals surface area contributed by atoms with Crippen molar-refractivity contribution in [3.63, 3.8) is 0 Å². The van der Waals surface area contributed by atoms with Crippen molar-refractivity contribution >= 4 is 28.9 Å². The van der Waals surface area contributed by atoms with Gasteiger partial charge < -0.3 is 29.2 Å². The monoisotopic (exact) mass is 550 g/mol. The van der Waals surface area contributed by atoms with E-state index in [1.807, 2.05) is 78.6 Å². The number of aliphatic hydroxyl groups excluding tert-OH is 1. The summed E-state index contributed by atoms with van der Waals surface area (Å²) in [5.41, 5.74) is 4.32. The van der Waals surface area contributed by atoms with Crippen molar-refractivity contribution in [2.45, 2.75) is 38.3 Å². The van der Waals surface area contributed by atoms with Gasteiger partial charge in [0.05, 0.1) is 33.0 Å². The second kappa shape index (κ2) is 13.4. The number of aromatic nitrogens is 1. The third-order valence-electron chi connectivity index (χ3n) is 6.94. The molecule has 8 heteroatoms. The first-order valence-electron chi connectivity index (χ1n) is 13.1. The summed E-state index contributed by atoms with van der Waals surface area (Å²) in [6.07, 6.45) is 2.73. The molecule has 1 aromatic heterocycles. The van der Waals surface area contributed by atoms with Gasteiger partial charge in [-0.3, -0.25) is 4.79 Å². The molecule has 0 bridgehead atoms. The van der Waals surface area contributed by atoms with Crippen LogP contribution in [0.3, 0.4) is 0 Å². The summed E-state index contributed by atoms with van der Waals surface area (Å²) in [5.74, 6) is 2.45. The summed E-state index contributed by atoms with van der Waals surface area (Å²) in [6, 6.07) is 21.0. The molecule has 0 saturated carbocycles. The number of carbonyl (C=O) groups excluding carboxylic acids is 1. The highest BCUT2D eigenvalue weighted by molar-refractivity contribution is 6.31. The van der Waals surface area contributed by atoms with Crippen LogP contribution in [0.5, 0.6) is 17.2 Å². The molecule has 2 atom stereocenters. The number of carbonyl (C=O) groups is 1. The van der Waals surface area contributed by atoms with Crippen LogP contribution in [-0.2, 0) is 11.2 Å². The first kappa shape index (κ1) is 28.3. The van der Waals surface area contributed by atoms with Crippen molar-refractivity contribution in [3.05, 3.63) is 88.6 Å². The van der Waals surface area contributed by atoms with Crippen LogP contribution in [0.15, 0.2) is 66.7 Å². The quantitative estimate of drug-likeness (QED) is 0.243. The fourth-order valence-electron chi connectivity index (χ4n) is 4.73. The summed E-state index contributed by atoms with van der Waals surface area (Å²) in [5, 5.41) is 11.5. The average Bonchev–Trinajstić information content (AvgIpc) is 3.35. The normalized spacial score (nSPS) is 15.1. The van der Waals surface area contributed by atoms with Gasteiger partial charge in [-0.05, 0) is 78.6 Å². The summed E-state index contributed by atoms with van der Waals surface area (Å²) in [7, 11) is 3.28. The van der Waals surface area contributed by atoms with Crippen LogP contribution < -0.4 is 14.2 Å². The molecule has 4 aromatic rings. The number of hydrogen-bond acceptors (Lipinski definition) is 5. The zero-order valence-electron chi connectivity index (χ0n) is 22.5. The summed E-state index contributed by atoms with van der Waals surface area (Å²) in [4.78, 5) is 17.1. The summed E-state index contributed by atoms with van der Waals surface area (Å²) in [6.45, 7) is 3.09. The van der Waals surface area contributed by atoms with E-state index in [0.29, 0.717) is 24.6 Å². The molecule has 0 radical (unpaired) electrons. The molecule has 2 unspecified atom stereocenters. The largest absolute Gasteiger partial charge is 0.497 e. The van der Waals surface area contributed by atoms with Gasteiger partial charge in [0, 0.05) is 34.6 Å². The van der Waals surface area contributed by atoms with Gasteiger partial charge in [-0.25, -0.2) is 0 Å². The van der Waals surface area contributed by atoms with Crippen LogP contribution in [0.25, 0.3) is 10.9 Å². The van der Waals surface area contributed by atoms with E-state index in [1.165, 1.54) is 5.56 Å². The Kier molecular flexibility index (Phi) is 9.74. The minimum absolute atomic E-state index is 0.168. The Balaban J connectivity index is 0.000000298. The van der Waals surface area contributed by atoms with Crippen LogP contribution in [-0.4, -0.2) is 54.9 Å². The minimum Gasteiger partial charge on any atom is -0.497 e. The maximum absolute atomic E-state index is 11.8. The first-order valence-corrected chi connectivity index (χ1v) is 13.4. The maximum Gasteiger partial charge on any atom is 0.210 e. The van der Waals surface area contributed by atoms with Crippen LogP contribution in [0.1, 0.15) is 42.6 Å². The van der Waals surface area contributed by atoms with Gasteiger partial charge in [-0.1, -0.05) is 30.7 Å². The zero-order chi connectivity index (χ0) is 27.8. The topological polar surface area (TPSA) is 84.0 Å². The van der Waals surface area contributed by atoms with Gasteiger partial charge in [-0.2, -0.15) is 0 Å². The molecule has 0 spiro atoms. The van der Waals surface area contributed by atoms with Gasteiger partial charge in [0.1, 0.15) is 17.2 Å². The van der Waals surface area contributed by atoms with E-state index >= 15 is 0 Å². The number of methoxy groups -OCH3 is 2. The van der Waals surface area contributed by atoms with Crippen LogP contribution >= 0.6 is 11.6 Å². The molecule has 1 aliphatic heterocycles. The highest BCUT2D eigenvalue weighted by Crippen LogP contribution is 2.38. The van der Waals surface area contributed by atoms with Crippen LogP contribution in [0, 0.1) is 0 Å².